The maximum atomic E-state index is 15.0. The predicted molar refractivity (Wildman–Crippen MR) is 133 cm³/mol. The number of anilines is 2. The maximum absolute atomic E-state index is 15.0. The average Bonchev–Trinajstić information content (AvgIpc) is 3.28. The van der Waals surface area contributed by atoms with Crippen LogP contribution in [0.3, 0.4) is 0 Å². The molecule has 188 valence electrons. The maximum Gasteiger partial charge on any atom is 0.416 e. The van der Waals surface area contributed by atoms with Gasteiger partial charge < -0.3 is 9.80 Å². The highest BCUT2D eigenvalue weighted by Crippen LogP contribution is 2.39. The molecule has 0 spiro atoms. The second kappa shape index (κ2) is 9.27. The third-order valence-corrected chi connectivity index (χ3v) is 7.48. The molecular formula is C25H24F4N6S. The lowest BCUT2D eigenvalue weighted by molar-refractivity contribution is -0.137. The van der Waals surface area contributed by atoms with E-state index in [1.165, 1.54) is 16.9 Å². The van der Waals surface area contributed by atoms with Gasteiger partial charge in [0.15, 0.2) is 10.8 Å². The van der Waals surface area contributed by atoms with Crippen LogP contribution in [0.5, 0.6) is 0 Å². The summed E-state index contributed by atoms with van der Waals surface area (Å²) < 4.78 is 55.0. The van der Waals surface area contributed by atoms with Gasteiger partial charge in [0.25, 0.3) is 0 Å². The first-order chi connectivity index (χ1) is 17.1. The van der Waals surface area contributed by atoms with Crippen LogP contribution in [0.2, 0.25) is 0 Å². The Morgan fingerprint density at radius 2 is 1.89 bits per heavy atom. The van der Waals surface area contributed by atoms with Gasteiger partial charge in [-0.25, -0.2) is 9.37 Å². The molecule has 0 N–H and O–H groups in total. The Hall–Kier alpha value is -3.34. The molecule has 0 unspecified atom stereocenters. The number of fused-ring (bicyclic) bond motifs is 1. The summed E-state index contributed by atoms with van der Waals surface area (Å²) in [4.78, 5) is 22.1. The first kappa shape index (κ1) is 24.4. The summed E-state index contributed by atoms with van der Waals surface area (Å²) in [6.45, 7) is 3.33. The highest BCUT2D eigenvalue weighted by Gasteiger charge is 2.32. The van der Waals surface area contributed by atoms with Crippen LogP contribution in [0, 0.1) is 12.7 Å². The molecule has 1 fully saturated rings. The SMILES string of the molecule is Cc1cc([C@H]2CCCN(c3nc(-c4ccc(C(F)(F)F)cc4F)c4sc(N(C)C)nc4n3)C2)ccn1. The van der Waals surface area contributed by atoms with E-state index >= 15 is 4.39 Å². The molecule has 0 bridgehead atoms. The number of pyridine rings is 1. The van der Waals surface area contributed by atoms with E-state index in [2.05, 4.69) is 16.0 Å². The Morgan fingerprint density at radius 1 is 1.08 bits per heavy atom. The number of hydrogen-bond donors (Lipinski definition) is 0. The van der Waals surface area contributed by atoms with Crippen LogP contribution in [-0.4, -0.2) is 47.1 Å². The Balaban J connectivity index is 1.59. The molecule has 1 aliphatic heterocycles. The molecular weight excluding hydrogens is 492 g/mol. The quantitative estimate of drug-likeness (QED) is 0.307. The van der Waals surface area contributed by atoms with Gasteiger partial charge in [0.05, 0.1) is 11.3 Å². The summed E-state index contributed by atoms with van der Waals surface area (Å²) in [6.07, 6.45) is -0.917. The lowest BCUT2D eigenvalue weighted by Gasteiger charge is -2.33. The van der Waals surface area contributed by atoms with E-state index in [1.54, 1.807) is 6.20 Å². The van der Waals surface area contributed by atoms with Crippen LogP contribution < -0.4 is 9.80 Å². The summed E-state index contributed by atoms with van der Waals surface area (Å²) in [6, 6.07) is 6.61. The molecule has 1 saturated heterocycles. The van der Waals surface area contributed by atoms with Gasteiger partial charge in [0.1, 0.15) is 10.5 Å². The first-order valence-corrected chi connectivity index (χ1v) is 12.3. The second-order valence-corrected chi connectivity index (χ2v) is 10.1. The van der Waals surface area contributed by atoms with Crippen molar-refractivity contribution in [3.8, 4) is 11.3 Å². The molecule has 1 atom stereocenters. The summed E-state index contributed by atoms with van der Waals surface area (Å²) in [7, 11) is 3.66. The standard InChI is InChI=1S/C25H24F4N6S/c1-14-11-15(8-9-30-14)16-5-4-10-35(13-16)23-31-20(21-22(32-23)33-24(36-21)34(2)3)18-7-6-17(12-19(18)26)25(27,28)29/h6-9,11-12,16H,4-5,10,13H2,1-3H3/t16-/m0/s1. The molecule has 6 nitrogen and oxygen atoms in total. The second-order valence-electron chi connectivity index (χ2n) is 9.12. The number of hydrogen-bond acceptors (Lipinski definition) is 7. The number of thiazole rings is 1. The number of piperidine rings is 1. The van der Waals surface area contributed by atoms with Gasteiger partial charge in [-0.05, 0) is 55.7 Å². The predicted octanol–water partition coefficient (Wildman–Crippen LogP) is 6.06. The van der Waals surface area contributed by atoms with E-state index in [0.29, 0.717) is 40.6 Å². The van der Waals surface area contributed by atoms with Gasteiger partial charge >= 0.3 is 6.18 Å². The normalized spacial score (nSPS) is 16.5. The van der Waals surface area contributed by atoms with Crippen LogP contribution in [0.15, 0.2) is 36.5 Å². The number of aryl methyl sites for hydroxylation is 1. The minimum absolute atomic E-state index is 0.0103. The zero-order valence-electron chi connectivity index (χ0n) is 20.0. The minimum atomic E-state index is -4.64. The molecule has 1 aliphatic rings. The van der Waals surface area contributed by atoms with Crippen molar-refractivity contribution in [3.63, 3.8) is 0 Å². The van der Waals surface area contributed by atoms with Crippen molar-refractivity contribution in [2.75, 3.05) is 37.0 Å². The molecule has 4 heterocycles. The Morgan fingerprint density at radius 3 is 2.58 bits per heavy atom. The molecule has 0 aliphatic carbocycles. The molecule has 0 radical (unpaired) electrons. The van der Waals surface area contributed by atoms with Crippen LogP contribution in [0.25, 0.3) is 21.6 Å². The molecule has 1 aromatic carbocycles. The van der Waals surface area contributed by atoms with Crippen molar-refractivity contribution in [2.24, 2.45) is 0 Å². The number of nitrogens with zero attached hydrogens (tertiary/aromatic N) is 6. The van der Waals surface area contributed by atoms with Gasteiger partial charge in [0.2, 0.25) is 5.95 Å². The highest BCUT2D eigenvalue weighted by atomic mass is 32.1. The van der Waals surface area contributed by atoms with Crippen molar-refractivity contribution in [1.82, 2.24) is 19.9 Å². The van der Waals surface area contributed by atoms with Gasteiger partial charge in [-0.1, -0.05) is 11.3 Å². The van der Waals surface area contributed by atoms with E-state index in [0.717, 1.165) is 30.7 Å². The van der Waals surface area contributed by atoms with Crippen LogP contribution in [0.4, 0.5) is 28.6 Å². The van der Waals surface area contributed by atoms with Crippen LogP contribution in [0.1, 0.15) is 35.6 Å². The zero-order valence-corrected chi connectivity index (χ0v) is 20.8. The van der Waals surface area contributed by atoms with Crippen LogP contribution in [-0.2, 0) is 6.18 Å². The fourth-order valence-corrected chi connectivity index (χ4v) is 5.38. The Kier molecular flexibility index (Phi) is 6.27. The largest absolute Gasteiger partial charge is 0.416 e. The van der Waals surface area contributed by atoms with Crippen molar-refractivity contribution in [2.45, 2.75) is 31.9 Å². The third kappa shape index (κ3) is 4.71. The zero-order chi connectivity index (χ0) is 25.6. The molecule has 11 heteroatoms. The molecule has 36 heavy (non-hydrogen) atoms. The molecule has 0 amide bonds. The smallest absolute Gasteiger partial charge is 0.354 e. The lowest BCUT2D eigenvalue weighted by atomic mass is 9.91. The number of halogens is 4. The Bertz CT molecular complexity index is 1420. The molecule has 0 saturated carbocycles. The fraction of sp³-hybridized carbons (Fsp3) is 0.360. The van der Waals surface area contributed by atoms with Gasteiger partial charge in [0, 0.05) is 50.6 Å². The summed E-state index contributed by atoms with van der Waals surface area (Å²) in [5.74, 6) is -0.346. The lowest BCUT2D eigenvalue weighted by Crippen LogP contribution is -2.35. The minimum Gasteiger partial charge on any atom is -0.354 e. The summed E-state index contributed by atoms with van der Waals surface area (Å²) >= 11 is 1.28. The summed E-state index contributed by atoms with van der Waals surface area (Å²) in [5, 5.41) is 0.647. The summed E-state index contributed by atoms with van der Waals surface area (Å²) in [5.41, 5.74) is 1.72. The van der Waals surface area contributed by atoms with Gasteiger partial charge in [-0.2, -0.15) is 23.1 Å². The number of alkyl halides is 3. The van der Waals surface area contributed by atoms with E-state index in [9.17, 15) is 13.2 Å². The Labute approximate surface area is 209 Å². The third-order valence-electron chi connectivity index (χ3n) is 6.26. The molecule has 5 rings (SSSR count). The van der Waals surface area contributed by atoms with Crippen molar-refractivity contribution < 1.29 is 17.6 Å². The fourth-order valence-electron chi connectivity index (χ4n) is 4.45. The number of benzene rings is 1. The topological polar surface area (TPSA) is 58.0 Å². The number of rotatable bonds is 4. The molecule has 3 aromatic heterocycles. The van der Waals surface area contributed by atoms with Gasteiger partial charge in [-0.15, -0.1) is 0 Å². The first-order valence-electron chi connectivity index (χ1n) is 11.5. The van der Waals surface area contributed by atoms with Gasteiger partial charge in [-0.3, -0.25) is 4.98 Å². The van der Waals surface area contributed by atoms with Crippen molar-refractivity contribution in [3.05, 3.63) is 59.2 Å². The highest BCUT2D eigenvalue weighted by molar-refractivity contribution is 7.22. The van der Waals surface area contributed by atoms with E-state index in [4.69, 9.17) is 9.97 Å². The van der Waals surface area contributed by atoms with Crippen molar-refractivity contribution in [1.29, 1.82) is 0 Å². The molecule has 4 aromatic rings. The van der Waals surface area contributed by atoms with E-state index < -0.39 is 17.6 Å². The average molecular weight is 517 g/mol. The number of aromatic nitrogens is 4. The van der Waals surface area contributed by atoms with Crippen LogP contribution >= 0.6 is 11.3 Å². The van der Waals surface area contributed by atoms with E-state index in [1.807, 2.05) is 36.9 Å². The van der Waals surface area contributed by atoms with Crippen molar-refractivity contribution >= 4 is 32.8 Å². The monoisotopic (exact) mass is 516 g/mol. The van der Waals surface area contributed by atoms with E-state index in [-0.39, 0.29) is 17.2 Å².